The molecule has 0 radical (unpaired) electrons. The second-order valence-corrected chi connectivity index (χ2v) is 7.64. The summed E-state index contributed by atoms with van der Waals surface area (Å²) >= 11 is 5.90. The van der Waals surface area contributed by atoms with Gasteiger partial charge in [-0.25, -0.2) is 0 Å². The molecule has 1 heterocycles. The molecule has 1 saturated carbocycles. The van der Waals surface area contributed by atoms with E-state index in [1.165, 1.54) is 32.1 Å². The van der Waals surface area contributed by atoms with Crippen LogP contribution in [0.3, 0.4) is 0 Å². The number of likely N-dealkylation sites (tertiary alicyclic amines) is 1. The fourth-order valence-corrected chi connectivity index (χ4v) is 4.02. The quantitative estimate of drug-likeness (QED) is 0.859. The maximum atomic E-state index is 12.6. The van der Waals surface area contributed by atoms with Crippen LogP contribution < -0.4 is 11.1 Å². The van der Waals surface area contributed by atoms with Crippen LogP contribution in [0.2, 0.25) is 5.02 Å². The van der Waals surface area contributed by atoms with Gasteiger partial charge in [-0.15, -0.1) is 0 Å². The molecule has 1 saturated heterocycles. The SMILES string of the molecule is N[C@H](Cc1ccc(Cl)cc1)C(=O)N1CC[C@H](NC2CCCCC2)C1. The third kappa shape index (κ3) is 4.71. The van der Waals surface area contributed by atoms with Crippen LogP contribution in [-0.4, -0.2) is 42.0 Å². The Morgan fingerprint density at radius 2 is 1.88 bits per heavy atom. The summed E-state index contributed by atoms with van der Waals surface area (Å²) in [4.78, 5) is 14.5. The summed E-state index contributed by atoms with van der Waals surface area (Å²) in [7, 11) is 0. The van der Waals surface area contributed by atoms with Crippen LogP contribution in [0.15, 0.2) is 24.3 Å². The van der Waals surface area contributed by atoms with E-state index in [4.69, 9.17) is 17.3 Å². The fourth-order valence-electron chi connectivity index (χ4n) is 3.90. The largest absolute Gasteiger partial charge is 0.340 e. The highest BCUT2D eigenvalue weighted by atomic mass is 35.5. The molecule has 0 unspecified atom stereocenters. The zero-order valence-corrected chi connectivity index (χ0v) is 15.0. The van der Waals surface area contributed by atoms with Gasteiger partial charge in [-0.1, -0.05) is 43.0 Å². The lowest BCUT2D eigenvalue weighted by atomic mass is 9.95. The topological polar surface area (TPSA) is 58.4 Å². The van der Waals surface area contributed by atoms with Crippen molar-refractivity contribution in [3.8, 4) is 0 Å². The predicted molar refractivity (Wildman–Crippen MR) is 98.1 cm³/mol. The van der Waals surface area contributed by atoms with E-state index in [0.29, 0.717) is 23.5 Å². The first-order chi connectivity index (χ1) is 11.6. The molecule has 2 atom stereocenters. The van der Waals surface area contributed by atoms with Gasteiger partial charge in [0, 0.05) is 30.2 Å². The van der Waals surface area contributed by atoms with E-state index in [1.807, 2.05) is 29.2 Å². The Kier molecular flexibility index (Phi) is 6.14. The number of carbonyl (C=O) groups excluding carboxylic acids is 1. The Morgan fingerprint density at radius 1 is 1.17 bits per heavy atom. The first-order valence-electron chi connectivity index (χ1n) is 9.16. The van der Waals surface area contributed by atoms with Crippen LogP contribution in [-0.2, 0) is 11.2 Å². The molecule has 3 rings (SSSR count). The molecule has 24 heavy (non-hydrogen) atoms. The van der Waals surface area contributed by atoms with Gasteiger partial charge in [-0.2, -0.15) is 0 Å². The minimum atomic E-state index is -0.473. The molecule has 1 amide bonds. The van der Waals surface area contributed by atoms with Crippen LogP contribution in [0.1, 0.15) is 44.1 Å². The Balaban J connectivity index is 1.47. The van der Waals surface area contributed by atoms with Gasteiger partial charge < -0.3 is 16.0 Å². The molecule has 1 aromatic rings. The Bertz CT molecular complexity index is 542. The summed E-state index contributed by atoms with van der Waals surface area (Å²) in [5, 5.41) is 4.45. The van der Waals surface area contributed by atoms with Crippen molar-refractivity contribution in [1.29, 1.82) is 0 Å². The number of nitrogens with zero attached hydrogens (tertiary/aromatic N) is 1. The number of nitrogens with one attached hydrogen (secondary N) is 1. The summed E-state index contributed by atoms with van der Waals surface area (Å²) in [5.74, 6) is 0.0675. The predicted octanol–water partition coefficient (Wildman–Crippen LogP) is 2.73. The third-order valence-electron chi connectivity index (χ3n) is 5.26. The van der Waals surface area contributed by atoms with E-state index < -0.39 is 6.04 Å². The van der Waals surface area contributed by atoms with Gasteiger partial charge in [-0.3, -0.25) is 4.79 Å². The van der Waals surface area contributed by atoms with Crippen LogP contribution >= 0.6 is 11.6 Å². The van der Waals surface area contributed by atoms with Crippen molar-refractivity contribution < 1.29 is 4.79 Å². The van der Waals surface area contributed by atoms with Crippen molar-refractivity contribution in [1.82, 2.24) is 10.2 Å². The van der Waals surface area contributed by atoms with E-state index in [-0.39, 0.29) is 5.91 Å². The van der Waals surface area contributed by atoms with Crippen LogP contribution in [0.5, 0.6) is 0 Å². The molecular weight excluding hydrogens is 322 g/mol. The van der Waals surface area contributed by atoms with E-state index in [9.17, 15) is 4.79 Å². The van der Waals surface area contributed by atoms with Crippen molar-refractivity contribution in [3.05, 3.63) is 34.9 Å². The summed E-state index contributed by atoms with van der Waals surface area (Å²) in [6.45, 7) is 1.61. The van der Waals surface area contributed by atoms with Gasteiger partial charge in [0.25, 0.3) is 0 Å². The molecule has 5 heteroatoms. The number of halogens is 1. The van der Waals surface area contributed by atoms with Gasteiger partial charge in [0.05, 0.1) is 6.04 Å². The number of nitrogens with two attached hydrogens (primary N) is 1. The maximum absolute atomic E-state index is 12.6. The zero-order chi connectivity index (χ0) is 16.9. The molecule has 1 aliphatic heterocycles. The van der Waals surface area contributed by atoms with Gasteiger partial charge in [0.1, 0.15) is 0 Å². The number of amides is 1. The van der Waals surface area contributed by atoms with E-state index in [2.05, 4.69) is 5.32 Å². The molecule has 132 valence electrons. The molecule has 1 aromatic carbocycles. The molecule has 2 aliphatic rings. The number of hydrogen-bond acceptors (Lipinski definition) is 3. The van der Waals surface area contributed by atoms with Gasteiger partial charge in [0.15, 0.2) is 0 Å². The fraction of sp³-hybridized carbons (Fsp3) is 0.632. The summed E-state index contributed by atoms with van der Waals surface area (Å²) in [6.07, 6.45) is 8.19. The average Bonchev–Trinajstić information content (AvgIpc) is 3.05. The first kappa shape index (κ1) is 17.7. The Labute approximate surface area is 149 Å². The van der Waals surface area contributed by atoms with E-state index in [1.54, 1.807) is 0 Å². The highest BCUT2D eigenvalue weighted by Crippen LogP contribution is 2.20. The summed E-state index contributed by atoms with van der Waals surface area (Å²) < 4.78 is 0. The number of carbonyl (C=O) groups is 1. The molecule has 1 aliphatic carbocycles. The van der Waals surface area contributed by atoms with Crippen molar-refractivity contribution >= 4 is 17.5 Å². The van der Waals surface area contributed by atoms with Crippen molar-refractivity contribution in [2.24, 2.45) is 5.73 Å². The third-order valence-corrected chi connectivity index (χ3v) is 5.51. The smallest absolute Gasteiger partial charge is 0.239 e. The monoisotopic (exact) mass is 349 g/mol. The highest BCUT2D eigenvalue weighted by molar-refractivity contribution is 6.30. The maximum Gasteiger partial charge on any atom is 0.239 e. The lowest BCUT2D eigenvalue weighted by Crippen LogP contribution is -2.46. The molecular formula is C19H28ClN3O. The van der Waals surface area contributed by atoms with Gasteiger partial charge in [0.2, 0.25) is 5.91 Å². The molecule has 3 N–H and O–H groups in total. The molecule has 0 aromatic heterocycles. The normalized spacial score (nSPS) is 23.4. The summed E-state index contributed by atoms with van der Waals surface area (Å²) in [5.41, 5.74) is 7.20. The molecule has 0 bridgehead atoms. The lowest BCUT2D eigenvalue weighted by Gasteiger charge is -2.27. The standard InChI is InChI=1S/C19H28ClN3O/c20-15-8-6-14(7-9-15)12-18(21)19(24)23-11-10-17(13-23)22-16-4-2-1-3-5-16/h6-9,16-18,22H,1-5,10-13,21H2/t17-,18+/m0/s1. The average molecular weight is 350 g/mol. The first-order valence-corrected chi connectivity index (χ1v) is 9.54. The Hall–Kier alpha value is -1.10. The van der Waals surface area contributed by atoms with Gasteiger partial charge in [-0.05, 0) is 43.4 Å². The second-order valence-electron chi connectivity index (χ2n) is 7.21. The number of hydrogen-bond donors (Lipinski definition) is 2. The van der Waals surface area contributed by atoms with Crippen LogP contribution in [0.4, 0.5) is 0 Å². The zero-order valence-electron chi connectivity index (χ0n) is 14.2. The lowest BCUT2D eigenvalue weighted by molar-refractivity contribution is -0.131. The Morgan fingerprint density at radius 3 is 2.58 bits per heavy atom. The minimum absolute atomic E-state index is 0.0675. The van der Waals surface area contributed by atoms with Crippen molar-refractivity contribution in [3.63, 3.8) is 0 Å². The number of benzene rings is 1. The minimum Gasteiger partial charge on any atom is -0.340 e. The van der Waals surface area contributed by atoms with Crippen LogP contribution in [0, 0.1) is 0 Å². The van der Waals surface area contributed by atoms with Crippen LogP contribution in [0.25, 0.3) is 0 Å². The van der Waals surface area contributed by atoms with Gasteiger partial charge >= 0.3 is 0 Å². The highest BCUT2D eigenvalue weighted by Gasteiger charge is 2.30. The molecule has 2 fully saturated rings. The van der Waals surface area contributed by atoms with E-state index >= 15 is 0 Å². The molecule has 4 nitrogen and oxygen atoms in total. The van der Waals surface area contributed by atoms with Crippen molar-refractivity contribution in [2.75, 3.05) is 13.1 Å². The van der Waals surface area contributed by atoms with E-state index in [0.717, 1.165) is 25.1 Å². The number of rotatable bonds is 5. The van der Waals surface area contributed by atoms with Crippen molar-refractivity contribution in [2.45, 2.75) is 63.1 Å². The molecule has 0 spiro atoms. The summed E-state index contributed by atoms with van der Waals surface area (Å²) in [6, 6.07) is 8.16. The second kappa shape index (κ2) is 8.32.